The number of nitrogens with one attached hydrogen (secondary N) is 2. The van der Waals surface area contributed by atoms with E-state index in [9.17, 15) is 4.79 Å². The first-order valence-corrected chi connectivity index (χ1v) is 8.27. The van der Waals surface area contributed by atoms with Gasteiger partial charge >= 0.3 is 0 Å². The summed E-state index contributed by atoms with van der Waals surface area (Å²) in [4.78, 5) is 12.2. The summed E-state index contributed by atoms with van der Waals surface area (Å²) in [6.07, 6.45) is 4.08. The number of piperidine rings is 1. The molecule has 2 aromatic rings. The van der Waals surface area contributed by atoms with E-state index >= 15 is 0 Å². The number of rotatable bonds is 6. The van der Waals surface area contributed by atoms with Crippen LogP contribution < -0.4 is 15.4 Å². The number of methoxy groups -OCH3 is 1. The molecule has 1 aliphatic heterocycles. The number of hydrogen-bond donors (Lipinski definition) is 2. The molecule has 1 amide bonds. The van der Waals surface area contributed by atoms with Gasteiger partial charge in [0.05, 0.1) is 13.3 Å². The molecule has 0 radical (unpaired) electrons. The van der Waals surface area contributed by atoms with Crippen LogP contribution in [-0.4, -0.2) is 41.1 Å². The molecule has 128 valence electrons. The molecule has 0 aliphatic carbocycles. The Morgan fingerprint density at radius 3 is 3.12 bits per heavy atom. The van der Waals surface area contributed by atoms with Crippen LogP contribution in [0.4, 0.5) is 0 Å². The van der Waals surface area contributed by atoms with Gasteiger partial charge in [-0.3, -0.25) is 9.48 Å². The highest BCUT2D eigenvalue weighted by atomic mass is 16.5. The van der Waals surface area contributed by atoms with Gasteiger partial charge in [-0.1, -0.05) is 23.4 Å². The molecule has 24 heavy (non-hydrogen) atoms. The molecule has 2 heterocycles. The van der Waals surface area contributed by atoms with Crippen LogP contribution in [0.2, 0.25) is 0 Å². The first-order chi connectivity index (χ1) is 11.8. The SMILES string of the molecule is COc1ccccc1CNC(=O)c1cn(CC2CCCNC2)nn1. The molecule has 7 heteroatoms. The largest absolute Gasteiger partial charge is 0.496 e. The highest BCUT2D eigenvalue weighted by Crippen LogP contribution is 2.17. The predicted octanol–water partition coefficient (Wildman–Crippen LogP) is 1.22. The van der Waals surface area contributed by atoms with Crippen LogP contribution in [0.15, 0.2) is 30.5 Å². The average molecular weight is 329 g/mol. The molecule has 1 atom stereocenters. The van der Waals surface area contributed by atoms with Crippen molar-refractivity contribution in [2.45, 2.75) is 25.9 Å². The Morgan fingerprint density at radius 2 is 2.33 bits per heavy atom. The highest BCUT2D eigenvalue weighted by molar-refractivity contribution is 5.91. The van der Waals surface area contributed by atoms with Gasteiger partial charge in [0.15, 0.2) is 5.69 Å². The quantitative estimate of drug-likeness (QED) is 0.833. The summed E-state index contributed by atoms with van der Waals surface area (Å²) >= 11 is 0. The molecule has 1 fully saturated rings. The van der Waals surface area contributed by atoms with Gasteiger partial charge in [-0.25, -0.2) is 0 Å². The second kappa shape index (κ2) is 7.92. The maximum atomic E-state index is 12.2. The summed E-state index contributed by atoms with van der Waals surface area (Å²) in [5.74, 6) is 1.07. The van der Waals surface area contributed by atoms with Crippen LogP contribution in [0.5, 0.6) is 5.75 Å². The molecule has 1 unspecified atom stereocenters. The van der Waals surface area contributed by atoms with Gasteiger partial charge in [0.1, 0.15) is 5.75 Å². The number of carbonyl (C=O) groups is 1. The number of benzene rings is 1. The van der Waals surface area contributed by atoms with Gasteiger partial charge in [-0.05, 0) is 37.9 Å². The molecule has 3 rings (SSSR count). The Morgan fingerprint density at radius 1 is 1.46 bits per heavy atom. The van der Waals surface area contributed by atoms with E-state index in [2.05, 4.69) is 20.9 Å². The van der Waals surface area contributed by atoms with Gasteiger partial charge < -0.3 is 15.4 Å². The number of aromatic nitrogens is 3. The van der Waals surface area contributed by atoms with E-state index in [1.807, 2.05) is 24.3 Å². The molecule has 0 saturated carbocycles. The van der Waals surface area contributed by atoms with Crippen LogP contribution in [0, 0.1) is 5.92 Å². The lowest BCUT2D eigenvalue weighted by atomic mass is 10.00. The third-order valence-electron chi connectivity index (χ3n) is 4.25. The molecule has 0 spiro atoms. The van der Waals surface area contributed by atoms with Crippen LogP contribution in [0.1, 0.15) is 28.9 Å². The Bertz CT molecular complexity index is 679. The van der Waals surface area contributed by atoms with Crippen molar-refractivity contribution in [1.82, 2.24) is 25.6 Å². The van der Waals surface area contributed by atoms with Crippen LogP contribution in [-0.2, 0) is 13.1 Å². The summed E-state index contributed by atoms with van der Waals surface area (Å²) in [7, 11) is 1.62. The first kappa shape index (κ1) is 16.4. The Kier molecular flexibility index (Phi) is 5.43. The first-order valence-electron chi connectivity index (χ1n) is 8.27. The normalized spacial score (nSPS) is 17.5. The standard InChI is InChI=1S/C17H23N5O2/c1-24-16-7-3-2-6-14(16)10-19-17(23)15-12-22(21-20-15)11-13-5-4-8-18-9-13/h2-3,6-7,12-13,18H,4-5,8-11H2,1H3,(H,19,23). The molecule has 1 aliphatic rings. The van der Waals surface area contributed by atoms with Gasteiger partial charge in [0.2, 0.25) is 0 Å². The maximum Gasteiger partial charge on any atom is 0.273 e. The minimum atomic E-state index is -0.228. The van der Waals surface area contributed by atoms with E-state index in [1.165, 1.54) is 12.8 Å². The lowest BCUT2D eigenvalue weighted by Crippen LogP contribution is -2.32. The Labute approximate surface area is 141 Å². The van der Waals surface area contributed by atoms with Crippen molar-refractivity contribution >= 4 is 5.91 Å². The molecule has 2 N–H and O–H groups in total. The molecular weight excluding hydrogens is 306 g/mol. The maximum absolute atomic E-state index is 12.2. The minimum Gasteiger partial charge on any atom is -0.496 e. The smallest absolute Gasteiger partial charge is 0.273 e. The number of hydrogen-bond acceptors (Lipinski definition) is 5. The fourth-order valence-corrected chi connectivity index (χ4v) is 2.95. The fourth-order valence-electron chi connectivity index (χ4n) is 2.95. The number of para-hydroxylation sites is 1. The van der Waals surface area contributed by atoms with Crippen molar-refractivity contribution in [3.63, 3.8) is 0 Å². The fraction of sp³-hybridized carbons (Fsp3) is 0.471. The van der Waals surface area contributed by atoms with Crippen molar-refractivity contribution < 1.29 is 9.53 Å². The number of amides is 1. The van der Waals surface area contributed by atoms with E-state index in [1.54, 1.807) is 18.0 Å². The summed E-state index contributed by atoms with van der Waals surface area (Å²) in [5.41, 5.74) is 1.27. The van der Waals surface area contributed by atoms with Gasteiger partial charge in [-0.2, -0.15) is 0 Å². The third kappa shape index (κ3) is 4.11. The van der Waals surface area contributed by atoms with E-state index in [-0.39, 0.29) is 5.91 Å². The summed E-state index contributed by atoms with van der Waals surface area (Å²) in [5, 5.41) is 14.3. The highest BCUT2D eigenvalue weighted by Gasteiger charge is 2.16. The molecular formula is C17H23N5O2. The number of carbonyl (C=O) groups excluding carboxylic acids is 1. The molecule has 7 nitrogen and oxygen atoms in total. The lowest BCUT2D eigenvalue weighted by Gasteiger charge is -2.22. The van der Waals surface area contributed by atoms with Crippen LogP contribution in [0.3, 0.4) is 0 Å². The lowest BCUT2D eigenvalue weighted by molar-refractivity contribution is 0.0945. The van der Waals surface area contributed by atoms with Crippen molar-refractivity contribution in [3.8, 4) is 5.75 Å². The van der Waals surface area contributed by atoms with Gasteiger partial charge in [0, 0.05) is 18.7 Å². The minimum absolute atomic E-state index is 0.228. The van der Waals surface area contributed by atoms with Crippen molar-refractivity contribution in [2.75, 3.05) is 20.2 Å². The zero-order valence-electron chi connectivity index (χ0n) is 13.9. The number of ether oxygens (including phenoxy) is 1. The monoisotopic (exact) mass is 329 g/mol. The van der Waals surface area contributed by atoms with Gasteiger partial charge in [0.25, 0.3) is 5.91 Å². The Hall–Kier alpha value is -2.41. The molecule has 1 saturated heterocycles. The second-order valence-corrected chi connectivity index (χ2v) is 6.03. The van der Waals surface area contributed by atoms with E-state index in [0.29, 0.717) is 18.2 Å². The Balaban J connectivity index is 1.55. The second-order valence-electron chi connectivity index (χ2n) is 6.03. The molecule has 1 aromatic carbocycles. The summed E-state index contributed by atoms with van der Waals surface area (Å²) in [6, 6.07) is 7.61. The molecule has 0 bridgehead atoms. The van der Waals surface area contributed by atoms with Crippen molar-refractivity contribution in [3.05, 3.63) is 41.7 Å². The van der Waals surface area contributed by atoms with E-state index in [4.69, 9.17) is 4.74 Å². The topological polar surface area (TPSA) is 81.1 Å². The average Bonchev–Trinajstić information content (AvgIpc) is 3.09. The third-order valence-corrected chi connectivity index (χ3v) is 4.25. The van der Waals surface area contributed by atoms with Crippen LogP contribution in [0.25, 0.3) is 0 Å². The molecule has 1 aromatic heterocycles. The predicted molar refractivity (Wildman–Crippen MR) is 89.8 cm³/mol. The van der Waals surface area contributed by atoms with Gasteiger partial charge in [-0.15, -0.1) is 5.10 Å². The number of nitrogens with zero attached hydrogens (tertiary/aromatic N) is 3. The zero-order chi connectivity index (χ0) is 16.8. The van der Waals surface area contributed by atoms with Crippen molar-refractivity contribution in [1.29, 1.82) is 0 Å². The van der Waals surface area contributed by atoms with E-state index in [0.717, 1.165) is 30.9 Å². The summed E-state index contributed by atoms with van der Waals surface area (Å²) < 4.78 is 7.04. The van der Waals surface area contributed by atoms with E-state index < -0.39 is 0 Å². The zero-order valence-corrected chi connectivity index (χ0v) is 13.9. The van der Waals surface area contributed by atoms with Crippen LogP contribution >= 0.6 is 0 Å². The van der Waals surface area contributed by atoms with Crippen molar-refractivity contribution in [2.24, 2.45) is 5.92 Å². The summed E-state index contributed by atoms with van der Waals surface area (Å²) in [6.45, 7) is 3.27.